The highest BCUT2D eigenvalue weighted by Crippen LogP contribution is 2.34. The highest BCUT2D eigenvalue weighted by molar-refractivity contribution is 7.92. The van der Waals surface area contributed by atoms with Gasteiger partial charge in [0.05, 0.1) is 34.7 Å². The van der Waals surface area contributed by atoms with Crippen LogP contribution in [0.5, 0.6) is 0 Å². The van der Waals surface area contributed by atoms with Crippen LogP contribution in [0.3, 0.4) is 0 Å². The fourth-order valence-electron chi connectivity index (χ4n) is 3.90. The van der Waals surface area contributed by atoms with Crippen LogP contribution in [0.25, 0.3) is 10.9 Å². The highest BCUT2D eigenvalue weighted by atomic mass is 32.2. The summed E-state index contributed by atoms with van der Waals surface area (Å²) in [6.45, 7) is 2.84. The lowest BCUT2D eigenvalue weighted by molar-refractivity contribution is -0.140. The quantitative estimate of drug-likeness (QED) is 0.202. The predicted octanol–water partition coefficient (Wildman–Crippen LogP) is 6.27. The van der Waals surface area contributed by atoms with Gasteiger partial charge in [0.25, 0.3) is 10.0 Å². The normalized spacial score (nSPS) is 11.9. The number of hydrogen-bond acceptors (Lipinski definition) is 5. The smallest absolute Gasteiger partial charge is 0.419 e. The number of benzene rings is 3. The zero-order valence-corrected chi connectivity index (χ0v) is 21.1. The Morgan fingerprint density at radius 3 is 2.34 bits per heavy atom. The van der Waals surface area contributed by atoms with Crippen LogP contribution in [0.4, 0.5) is 23.4 Å². The van der Waals surface area contributed by atoms with Crippen LogP contribution in [0, 0.1) is 12.7 Å². The first-order valence-corrected chi connectivity index (χ1v) is 12.9. The SMILES string of the molecule is CCOC(=O)c1ccc(S(=O)(=O)N(Cc2ccc(F)c(C(F)(F)F)c2)c2nc3ccccc3cc2C)cc1. The van der Waals surface area contributed by atoms with Crippen LogP contribution >= 0.6 is 0 Å². The molecule has 38 heavy (non-hydrogen) atoms. The number of rotatable bonds is 7. The van der Waals surface area contributed by atoms with Gasteiger partial charge in [-0.2, -0.15) is 13.2 Å². The van der Waals surface area contributed by atoms with Gasteiger partial charge in [0, 0.05) is 5.39 Å². The summed E-state index contributed by atoms with van der Waals surface area (Å²) in [6, 6.07) is 16.0. The zero-order valence-electron chi connectivity index (χ0n) is 20.3. The van der Waals surface area contributed by atoms with E-state index >= 15 is 0 Å². The second-order valence-electron chi connectivity index (χ2n) is 8.39. The minimum atomic E-state index is -4.97. The third-order valence-corrected chi connectivity index (χ3v) is 7.49. The molecule has 0 N–H and O–H groups in total. The average molecular weight is 547 g/mol. The van der Waals surface area contributed by atoms with Crippen molar-refractivity contribution in [3.63, 3.8) is 0 Å². The van der Waals surface area contributed by atoms with Crippen LogP contribution < -0.4 is 4.31 Å². The minimum Gasteiger partial charge on any atom is -0.462 e. The lowest BCUT2D eigenvalue weighted by Crippen LogP contribution is -2.32. The van der Waals surface area contributed by atoms with Gasteiger partial charge in [0.2, 0.25) is 0 Å². The monoisotopic (exact) mass is 546 g/mol. The third-order valence-electron chi connectivity index (χ3n) is 5.74. The average Bonchev–Trinajstić information content (AvgIpc) is 2.87. The summed E-state index contributed by atoms with van der Waals surface area (Å²) in [5.74, 6) is -2.10. The Morgan fingerprint density at radius 2 is 1.68 bits per heavy atom. The first-order chi connectivity index (χ1) is 17.9. The molecular weight excluding hydrogens is 524 g/mol. The molecule has 0 fully saturated rings. The van der Waals surface area contributed by atoms with Gasteiger partial charge in [-0.15, -0.1) is 0 Å². The lowest BCUT2D eigenvalue weighted by Gasteiger charge is -2.26. The molecule has 0 aliphatic heterocycles. The number of ether oxygens (including phenoxy) is 1. The van der Waals surface area contributed by atoms with E-state index in [2.05, 4.69) is 4.98 Å². The van der Waals surface area contributed by atoms with Gasteiger partial charge in [0.15, 0.2) is 0 Å². The molecule has 0 unspecified atom stereocenters. The van der Waals surface area contributed by atoms with E-state index < -0.39 is 40.1 Å². The van der Waals surface area contributed by atoms with Crippen molar-refractivity contribution >= 4 is 32.7 Å². The Kier molecular flexibility index (Phi) is 7.41. The molecule has 198 valence electrons. The Balaban J connectivity index is 1.85. The number of carbonyl (C=O) groups excluding carboxylic acids is 1. The number of anilines is 1. The maximum Gasteiger partial charge on any atom is 0.419 e. The number of hydrogen-bond donors (Lipinski definition) is 0. The summed E-state index contributed by atoms with van der Waals surface area (Å²) < 4.78 is 87.5. The van der Waals surface area contributed by atoms with E-state index in [-0.39, 0.29) is 28.4 Å². The van der Waals surface area contributed by atoms with Crippen molar-refractivity contribution in [3.8, 4) is 0 Å². The van der Waals surface area contributed by atoms with E-state index in [4.69, 9.17) is 4.74 Å². The fourth-order valence-corrected chi connectivity index (χ4v) is 5.36. The van der Waals surface area contributed by atoms with E-state index in [0.717, 1.165) is 15.8 Å². The topological polar surface area (TPSA) is 76.6 Å². The molecule has 0 atom stereocenters. The molecule has 0 amide bonds. The Labute approximate surface area is 216 Å². The van der Waals surface area contributed by atoms with Crippen molar-refractivity contribution in [2.45, 2.75) is 31.5 Å². The molecule has 1 heterocycles. The van der Waals surface area contributed by atoms with Crippen LogP contribution in [0.15, 0.2) is 77.7 Å². The third kappa shape index (κ3) is 5.47. The number of sulfonamides is 1. The molecule has 0 saturated heterocycles. The van der Waals surface area contributed by atoms with Crippen molar-refractivity contribution in [1.82, 2.24) is 4.98 Å². The van der Waals surface area contributed by atoms with Gasteiger partial charge in [-0.05, 0) is 73.5 Å². The summed E-state index contributed by atoms with van der Waals surface area (Å²) in [5, 5.41) is 0.742. The number of alkyl halides is 3. The molecule has 4 rings (SSSR count). The predicted molar refractivity (Wildman–Crippen MR) is 134 cm³/mol. The van der Waals surface area contributed by atoms with Crippen molar-refractivity contribution in [1.29, 1.82) is 0 Å². The van der Waals surface area contributed by atoms with Crippen LogP contribution in [-0.4, -0.2) is 26.0 Å². The first-order valence-electron chi connectivity index (χ1n) is 11.4. The molecule has 0 bridgehead atoms. The van der Waals surface area contributed by atoms with Crippen molar-refractivity contribution in [2.75, 3.05) is 10.9 Å². The van der Waals surface area contributed by atoms with Gasteiger partial charge in [-0.3, -0.25) is 0 Å². The van der Waals surface area contributed by atoms with Crippen molar-refractivity contribution < 1.29 is 35.5 Å². The van der Waals surface area contributed by atoms with E-state index in [1.54, 1.807) is 44.2 Å². The maximum atomic E-state index is 13.9. The molecule has 3 aromatic carbocycles. The molecule has 0 saturated carbocycles. The summed E-state index contributed by atoms with van der Waals surface area (Å²) in [4.78, 5) is 16.3. The summed E-state index contributed by atoms with van der Waals surface area (Å²) >= 11 is 0. The summed E-state index contributed by atoms with van der Waals surface area (Å²) in [6.07, 6.45) is -4.97. The van der Waals surface area contributed by atoms with Gasteiger partial charge in [-0.25, -0.2) is 26.9 Å². The van der Waals surface area contributed by atoms with Crippen LogP contribution in [-0.2, 0) is 27.5 Å². The Morgan fingerprint density at radius 1 is 1.00 bits per heavy atom. The summed E-state index contributed by atoms with van der Waals surface area (Å²) in [5.41, 5.74) is -0.547. The largest absolute Gasteiger partial charge is 0.462 e. The number of para-hydroxylation sites is 1. The van der Waals surface area contributed by atoms with Gasteiger partial charge in [0.1, 0.15) is 11.6 Å². The number of halogens is 4. The van der Waals surface area contributed by atoms with Gasteiger partial charge < -0.3 is 4.74 Å². The standard InChI is InChI=1S/C27H22F4N2O4S/c1-3-37-26(34)19-9-11-21(12-10-19)38(35,36)33(16-18-8-13-23(28)22(15-18)27(29,30)31)25-17(2)14-20-6-4-5-7-24(20)32-25/h4-15H,3,16H2,1-2H3. The number of aryl methyl sites for hydroxylation is 1. The summed E-state index contributed by atoms with van der Waals surface area (Å²) in [7, 11) is -4.41. The molecular formula is C27H22F4N2O4S. The molecule has 0 aliphatic carbocycles. The molecule has 4 aromatic rings. The van der Waals surface area contributed by atoms with E-state index in [0.29, 0.717) is 23.2 Å². The molecule has 0 aliphatic rings. The second-order valence-corrected chi connectivity index (χ2v) is 10.3. The number of fused-ring (bicyclic) bond motifs is 1. The fraction of sp³-hybridized carbons (Fsp3) is 0.185. The second kappa shape index (κ2) is 10.4. The number of carbonyl (C=O) groups is 1. The number of esters is 1. The lowest BCUT2D eigenvalue weighted by atomic mass is 10.1. The van der Waals surface area contributed by atoms with E-state index in [1.165, 1.54) is 24.3 Å². The van der Waals surface area contributed by atoms with Crippen molar-refractivity contribution in [2.24, 2.45) is 0 Å². The molecule has 1 aromatic heterocycles. The Hall–Kier alpha value is -3.99. The maximum absolute atomic E-state index is 13.9. The molecule has 0 radical (unpaired) electrons. The minimum absolute atomic E-state index is 0.00365. The van der Waals surface area contributed by atoms with Gasteiger partial charge in [-0.1, -0.05) is 24.3 Å². The number of pyridine rings is 1. The van der Waals surface area contributed by atoms with Crippen molar-refractivity contribution in [3.05, 3.63) is 101 Å². The van der Waals surface area contributed by atoms with E-state index in [1.807, 2.05) is 0 Å². The Bertz CT molecular complexity index is 1600. The molecule has 6 nitrogen and oxygen atoms in total. The number of aromatic nitrogens is 1. The highest BCUT2D eigenvalue weighted by Gasteiger charge is 2.35. The molecule has 11 heteroatoms. The first kappa shape index (κ1) is 27.1. The van der Waals surface area contributed by atoms with Gasteiger partial charge >= 0.3 is 12.1 Å². The zero-order chi connectivity index (χ0) is 27.7. The molecule has 0 spiro atoms. The van der Waals surface area contributed by atoms with E-state index in [9.17, 15) is 30.8 Å². The van der Waals surface area contributed by atoms with Crippen LogP contribution in [0.2, 0.25) is 0 Å². The van der Waals surface area contributed by atoms with Crippen LogP contribution in [0.1, 0.15) is 34.0 Å². The number of nitrogens with zero attached hydrogens (tertiary/aromatic N) is 2.